The fourth-order valence-electron chi connectivity index (χ4n) is 6.34. The standard InChI is InChI=1S/C46H58O/c1-3-5-7-9-11-13-21-31-43-41(37-35-39-25-17-15-18-26-39)29-23-33-45(43)47-46-34-24-30-42(38-36-40-27-19-16-20-28-40)44(46)32-22-14-12-10-8-6-4-2/h15-20,23-30,33-38H,3-14,21-22,31-32H2,1-2H3/b37-35+,38-36+. The third-order valence-corrected chi connectivity index (χ3v) is 9.13. The van der Waals surface area contributed by atoms with E-state index in [2.05, 4.69) is 135 Å². The van der Waals surface area contributed by atoms with Crippen LogP contribution in [0.4, 0.5) is 0 Å². The van der Waals surface area contributed by atoms with Crippen molar-refractivity contribution >= 4 is 24.3 Å². The number of hydrogen-bond acceptors (Lipinski definition) is 1. The summed E-state index contributed by atoms with van der Waals surface area (Å²) < 4.78 is 6.98. The lowest BCUT2D eigenvalue weighted by atomic mass is 9.97. The van der Waals surface area contributed by atoms with Gasteiger partial charge in [-0.25, -0.2) is 0 Å². The predicted molar refractivity (Wildman–Crippen MR) is 207 cm³/mol. The highest BCUT2D eigenvalue weighted by Gasteiger charge is 2.14. The van der Waals surface area contributed by atoms with Crippen molar-refractivity contribution in [3.05, 3.63) is 130 Å². The summed E-state index contributed by atoms with van der Waals surface area (Å²) in [6.07, 6.45) is 29.3. The monoisotopic (exact) mass is 626 g/mol. The maximum absolute atomic E-state index is 6.98. The van der Waals surface area contributed by atoms with Crippen molar-refractivity contribution in [2.45, 2.75) is 117 Å². The molecule has 0 saturated carbocycles. The van der Waals surface area contributed by atoms with Gasteiger partial charge in [0, 0.05) is 11.1 Å². The Morgan fingerprint density at radius 1 is 0.383 bits per heavy atom. The number of benzene rings is 4. The molecule has 1 nitrogen and oxygen atoms in total. The minimum absolute atomic E-state index is 0.996. The molecule has 47 heavy (non-hydrogen) atoms. The molecule has 0 radical (unpaired) electrons. The van der Waals surface area contributed by atoms with Crippen LogP contribution in [0, 0.1) is 0 Å². The molecule has 0 heterocycles. The Morgan fingerprint density at radius 3 is 1.17 bits per heavy atom. The van der Waals surface area contributed by atoms with Crippen LogP contribution in [0.3, 0.4) is 0 Å². The quantitative estimate of drug-likeness (QED) is 0.0623. The van der Waals surface area contributed by atoms with Crippen LogP contribution in [0.1, 0.15) is 137 Å². The summed E-state index contributed by atoms with van der Waals surface area (Å²) in [5, 5.41) is 0. The van der Waals surface area contributed by atoms with Gasteiger partial charge < -0.3 is 4.74 Å². The van der Waals surface area contributed by atoms with E-state index in [0.29, 0.717) is 0 Å². The summed E-state index contributed by atoms with van der Waals surface area (Å²) in [6.45, 7) is 4.58. The first-order valence-electron chi connectivity index (χ1n) is 18.7. The Labute approximate surface area is 286 Å². The van der Waals surface area contributed by atoms with Gasteiger partial charge >= 0.3 is 0 Å². The molecule has 0 N–H and O–H groups in total. The van der Waals surface area contributed by atoms with Crippen LogP contribution >= 0.6 is 0 Å². The molecule has 0 saturated heterocycles. The molecule has 4 aromatic carbocycles. The smallest absolute Gasteiger partial charge is 0.131 e. The van der Waals surface area contributed by atoms with Gasteiger partial charge in [0.05, 0.1) is 0 Å². The van der Waals surface area contributed by atoms with E-state index >= 15 is 0 Å². The zero-order chi connectivity index (χ0) is 32.8. The van der Waals surface area contributed by atoms with Crippen molar-refractivity contribution in [3.63, 3.8) is 0 Å². The van der Waals surface area contributed by atoms with Crippen LogP contribution in [0.5, 0.6) is 11.5 Å². The summed E-state index contributed by atoms with van der Waals surface area (Å²) in [5.74, 6) is 1.99. The Balaban J connectivity index is 1.59. The fourth-order valence-corrected chi connectivity index (χ4v) is 6.34. The van der Waals surface area contributed by atoms with E-state index in [-0.39, 0.29) is 0 Å². The zero-order valence-electron chi connectivity index (χ0n) is 29.3. The van der Waals surface area contributed by atoms with E-state index in [1.165, 1.54) is 123 Å². The van der Waals surface area contributed by atoms with E-state index in [0.717, 1.165) is 24.3 Å². The molecular formula is C46H58O. The van der Waals surface area contributed by atoms with Gasteiger partial charge in [-0.1, -0.05) is 200 Å². The van der Waals surface area contributed by atoms with E-state index in [9.17, 15) is 0 Å². The Hall–Kier alpha value is -3.84. The summed E-state index contributed by atoms with van der Waals surface area (Å²) in [4.78, 5) is 0. The minimum atomic E-state index is 0.996. The molecule has 0 aliphatic carbocycles. The molecule has 0 aliphatic heterocycles. The van der Waals surface area contributed by atoms with Crippen LogP contribution < -0.4 is 4.74 Å². The van der Waals surface area contributed by atoms with Gasteiger partial charge in [0.25, 0.3) is 0 Å². The normalized spacial score (nSPS) is 11.5. The van der Waals surface area contributed by atoms with Crippen molar-refractivity contribution in [2.24, 2.45) is 0 Å². The van der Waals surface area contributed by atoms with Crippen LogP contribution in [0.2, 0.25) is 0 Å². The van der Waals surface area contributed by atoms with Crippen molar-refractivity contribution in [1.29, 1.82) is 0 Å². The third-order valence-electron chi connectivity index (χ3n) is 9.13. The van der Waals surface area contributed by atoms with E-state index in [4.69, 9.17) is 4.74 Å². The topological polar surface area (TPSA) is 9.23 Å². The largest absolute Gasteiger partial charge is 0.457 e. The van der Waals surface area contributed by atoms with Gasteiger partial charge in [-0.05, 0) is 60.1 Å². The van der Waals surface area contributed by atoms with Gasteiger partial charge in [0.2, 0.25) is 0 Å². The van der Waals surface area contributed by atoms with E-state index in [1.54, 1.807) is 0 Å². The Bertz CT molecular complexity index is 1350. The number of unbranched alkanes of at least 4 members (excludes halogenated alkanes) is 12. The second-order valence-corrected chi connectivity index (χ2v) is 13.0. The molecule has 0 atom stereocenters. The fraction of sp³-hybridized carbons (Fsp3) is 0.391. The molecular weight excluding hydrogens is 569 g/mol. The zero-order valence-corrected chi connectivity index (χ0v) is 29.3. The molecule has 4 aromatic rings. The molecule has 0 amide bonds. The van der Waals surface area contributed by atoms with Gasteiger partial charge in [0.1, 0.15) is 11.5 Å². The summed E-state index contributed by atoms with van der Waals surface area (Å²) in [5.41, 5.74) is 7.59. The lowest BCUT2D eigenvalue weighted by Crippen LogP contribution is -2.00. The average Bonchev–Trinajstić information content (AvgIpc) is 3.11. The number of hydrogen-bond donors (Lipinski definition) is 0. The van der Waals surface area contributed by atoms with Gasteiger partial charge in [-0.15, -0.1) is 0 Å². The summed E-state index contributed by atoms with van der Waals surface area (Å²) in [7, 11) is 0. The van der Waals surface area contributed by atoms with Crippen LogP contribution in [-0.4, -0.2) is 0 Å². The second-order valence-electron chi connectivity index (χ2n) is 13.0. The molecule has 4 rings (SSSR count). The summed E-state index contributed by atoms with van der Waals surface area (Å²) >= 11 is 0. The van der Waals surface area contributed by atoms with Gasteiger partial charge in [-0.2, -0.15) is 0 Å². The van der Waals surface area contributed by atoms with Crippen molar-refractivity contribution in [3.8, 4) is 11.5 Å². The van der Waals surface area contributed by atoms with Crippen molar-refractivity contribution < 1.29 is 4.74 Å². The van der Waals surface area contributed by atoms with E-state index < -0.39 is 0 Å². The van der Waals surface area contributed by atoms with Crippen LogP contribution in [0.15, 0.2) is 97.1 Å². The lowest BCUT2D eigenvalue weighted by Gasteiger charge is -2.18. The summed E-state index contributed by atoms with van der Waals surface area (Å²) in [6, 6.07) is 34.4. The van der Waals surface area contributed by atoms with E-state index in [1.807, 2.05) is 0 Å². The second kappa shape index (κ2) is 21.9. The average molecular weight is 627 g/mol. The van der Waals surface area contributed by atoms with Gasteiger partial charge in [-0.3, -0.25) is 0 Å². The highest BCUT2D eigenvalue weighted by molar-refractivity contribution is 5.74. The molecule has 0 fully saturated rings. The van der Waals surface area contributed by atoms with Crippen molar-refractivity contribution in [2.75, 3.05) is 0 Å². The first-order valence-corrected chi connectivity index (χ1v) is 18.7. The maximum atomic E-state index is 6.98. The van der Waals surface area contributed by atoms with Crippen molar-refractivity contribution in [1.82, 2.24) is 0 Å². The molecule has 0 bridgehead atoms. The van der Waals surface area contributed by atoms with Gasteiger partial charge in [0.15, 0.2) is 0 Å². The molecule has 1 heteroatoms. The minimum Gasteiger partial charge on any atom is -0.457 e. The molecule has 0 aromatic heterocycles. The Morgan fingerprint density at radius 2 is 0.766 bits per heavy atom. The Kier molecular flexibility index (Phi) is 16.7. The number of rotatable bonds is 22. The highest BCUT2D eigenvalue weighted by atomic mass is 16.5. The first-order chi connectivity index (χ1) is 23.3. The number of ether oxygens (including phenoxy) is 1. The molecule has 0 unspecified atom stereocenters. The molecule has 248 valence electrons. The lowest BCUT2D eigenvalue weighted by molar-refractivity contribution is 0.465. The van der Waals surface area contributed by atoms with Crippen LogP contribution in [0.25, 0.3) is 24.3 Å². The predicted octanol–water partition coefficient (Wildman–Crippen LogP) is 14.4. The first kappa shape index (κ1) is 36.0. The molecule has 0 spiro atoms. The van der Waals surface area contributed by atoms with Crippen LogP contribution in [-0.2, 0) is 12.8 Å². The SMILES string of the molecule is CCCCCCCCCc1c(/C=C/c2ccccc2)cccc1Oc1cccc(/C=C/c2ccccc2)c1CCCCCCCCC. The highest BCUT2D eigenvalue weighted by Crippen LogP contribution is 2.35. The maximum Gasteiger partial charge on any atom is 0.131 e. The third kappa shape index (κ3) is 13.1. The molecule has 0 aliphatic rings.